The van der Waals surface area contributed by atoms with Gasteiger partial charge in [0.1, 0.15) is 5.69 Å². The number of nitrogens with zero attached hydrogens (tertiary/aromatic N) is 3. The summed E-state index contributed by atoms with van der Waals surface area (Å²) in [7, 11) is 0. The highest BCUT2D eigenvalue weighted by Gasteiger charge is 2.34. The van der Waals surface area contributed by atoms with E-state index in [0.717, 1.165) is 25.1 Å². The summed E-state index contributed by atoms with van der Waals surface area (Å²) in [6.45, 7) is 0.471. The Hall–Kier alpha value is -1.86. The van der Waals surface area contributed by atoms with Crippen molar-refractivity contribution in [2.45, 2.75) is 37.9 Å². The maximum atomic E-state index is 12.6. The third-order valence-corrected chi connectivity index (χ3v) is 3.23. The van der Waals surface area contributed by atoms with Crippen LogP contribution in [0, 0.1) is 0 Å². The molecule has 0 saturated carbocycles. The molecule has 0 amide bonds. The van der Waals surface area contributed by atoms with Gasteiger partial charge >= 0.3 is 12.1 Å². The highest BCUT2D eigenvalue weighted by atomic mass is 19.4. The molecule has 1 fully saturated rings. The van der Waals surface area contributed by atoms with Crippen molar-refractivity contribution in [1.82, 2.24) is 9.97 Å². The number of aromatic nitrogens is 2. The number of halogens is 3. The van der Waals surface area contributed by atoms with Gasteiger partial charge in [-0.1, -0.05) is 0 Å². The lowest BCUT2D eigenvalue weighted by molar-refractivity contribution is -0.141. The summed E-state index contributed by atoms with van der Waals surface area (Å²) >= 11 is 0. The highest BCUT2D eigenvalue weighted by Crippen LogP contribution is 2.30. The minimum Gasteiger partial charge on any atom is -0.481 e. The number of rotatable bonds is 3. The van der Waals surface area contributed by atoms with Crippen LogP contribution in [0.15, 0.2) is 12.3 Å². The van der Waals surface area contributed by atoms with Gasteiger partial charge in [-0.05, 0) is 25.3 Å². The van der Waals surface area contributed by atoms with Gasteiger partial charge in [0, 0.05) is 18.8 Å². The first kappa shape index (κ1) is 14.5. The molecule has 0 aliphatic carbocycles. The quantitative estimate of drug-likeness (QED) is 0.925. The largest absolute Gasteiger partial charge is 0.481 e. The molecule has 1 aliphatic rings. The Balaban J connectivity index is 2.26. The monoisotopic (exact) mass is 289 g/mol. The minimum absolute atomic E-state index is 0.0502. The number of carbonyl (C=O) groups is 1. The molecule has 2 heterocycles. The number of carboxylic acids is 1. The van der Waals surface area contributed by atoms with Crippen molar-refractivity contribution >= 4 is 11.9 Å². The Morgan fingerprint density at radius 1 is 1.45 bits per heavy atom. The summed E-state index contributed by atoms with van der Waals surface area (Å²) in [5.41, 5.74) is -1.01. The number of hydrogen-bond acceptors (Lipinski definition) is 4. The molecule has 2 rings (SSSR count). The second kappa shape index (κ2) is 5.64. The Morgan fingerprint density at radius 3 is 2.85 bits per heavy atom. The van der Waals surface area contributed by atoms with E-state index in [1.807, 2.05) is 0 Å². The van der Waals surface area contributed by atoms with Crippen LogP contribution in [0.1, 0.15) is 31.4 Å². The van der Waals surface area contributed by atoms with E-state index in [1.165, 1.54) is 0 Å². The average molecular weight is 289 g/mol. The van der Waals surface area contributed by atoms with E-state index in [1.54, 1.807) is 4.90 Å². The standard InChI is InChI=1S/C12H14F3N3O2/c13-12(14,15)9-4-5-16-11(17-9)18-6-2-1-3-8(18)7-10(19)20/h4-5,8H,1-3,6-7H2,(H,19,20). The van der Waals surface area contributed by atoms with Crippen LogP contribution in [-0.2, 0) is 11.0 Å². The first-order valence-corrected chi connectivity index (χ1v) is 6.26. The van der Waals surface area contributed by atoms with Crippen LogP contribution in [0.3, 0.4) is 0 Å². The highest BCUT2D eigenvalue weighted by molar-refractivity contribution is 5.68. The van der Waals surface area contributed by atoms with Gasteiger partial charge in [-0.25, -0.2) is 9.97 Å². The van der Waals surface area contributed by atoms with Crippen LogP contribution in [0.2, 0.25) is 0 Å². The van der Waals surface area contributed by atoms with Crippen molar-refractivity contribution < 1.29 is 23.1 Å². The summed E-state index contributed by atoms with van der Waals surface area (Å²) in [5.74, 6) is -1.03. The molecule has 0 radical (unpaired) electrons. The molecule has 0 spiro atoms. The number of piperidine rings is 1. The lowest BCUT2D eigenvalue weighted by Crippen LogP contribution is -2.42. The minimum atomic E-state index is -4.53. The predicted molar refractivity (Wildman–Crippen MR) is 64.3 cm³/mol. The molecule has 1 saturated heterocycles. The average Bonchev–Trinajstić information content (AvgIpc) is 2.38. The molecule has 1 unspecified atom stereocenters. The van der Waals surface area contributed by atoms with E-state index >= 15 is 0 Å². The number of carboxylic acid groups (broad SMARTS) is 1. The summed E-state index contributed by atoms with van der Waals surface area (Å²) in [6, 6.07) is 0.448. The lowest BCUT2D eigenvalue weighted by Gasteiger charge is -2.35. The van der Waals surface area contributed by atoms with Gasteiger partial charge in [-0.15, -0.1) is 0 Å². The van der Waals surface area contributed by atoms with Gasteiger partial charge in [-0.2, -0.15) is 13.2 Å². The van der Waals surface area contributed by atoms with E-state index < -0.39 is 17.8 Å². The van der Waals surface area contributed by atoms with Gasteiger partial charge in [0.25, 0.3) is 0 Å². The molecule has 110 valence electrons. The fraction of sp³-hybridized carbons (Fsp3) is 0.583. The topological polar surface area (TPSA) is 66.3 Å². The van der Waals surface area contributed by atoms with Crippen LogP contribution in [0.5, 0.6) is 0 Å². The van der Waals surface area contributed by atoms with Crippen LogP contribution in [0.25, 0.3) is 0 Å². The second-order valence-electron chi connectivity index (χ2n) is 4.68. The maximum absolute atomic E-state index is 12.6. The van der Waals surface area contributed by atoms with Crippen LogP contribution >= 0.6 is 0 Å². The van der Waals surface area contributed by atoms with Crippen molar-refractivity contribution in [3.05, 3.63) is 18.0 Å². The third kappa shape index (κ3) is 3.37. The van der Waals surface area contributed by atoms with Crippen molar-refractivity contribution in [1.29, 1.82) is 0 Å². The molecule has 5 nitrogen and oxygen atoms in total. The molecule has 20 heavy (non-hydrogen) atoms. The molecule has 8 heteroatoms. The summed E-state index contributed by atoms with van der Waals surface area (Å²) in [5, 5.41) is 8.87. The van der Waals surface area contributed by atoms with Crippen molar-refractivity contribution in [3.8, 4) is 0 Å². The Kier molecular flexibility index (Phi) is 4.10. The molecule has 1 aromatic rings. The summed E-state index contributed by atoms with van der Waals surface area (Å²) in [6.07, 6.45) is -1.35. The van der Waals surface area contributed by atoms with Gasteiger partial charge < -0.3 is 10.0 Å². The molecule has 1 aromatic heterocycles. The Morgan fingerprint density at radius 2 is 2.20 bits per heavy atom. The lowest BCUT2D eigenvalue weighted by atomic mass is 10.00. The van der Waals surface area contributed by atoms with Crippen LogP contribution in [-0.4, -0.2) is 33.6 Å². The summed E-state index contributed by atoms with van der Waals surface area (Å²) < 4.78 is 37.9. The van der Waals surface area contributed by atoms with E-state index in [2.05, 4.69) is 9.97 Å². The number of hydrogen-bond donors (Lipinski definition) is 1. The zero-order chi connectivity index (χ0) is 14.8. The second-order valence-corrected chi connectivity index (χ2v) is 4.68. The maximum Gasteiger partial charge on any atom is 0.433 e. The summed E-state index contributed by atoms with van der Waals surface area (Å²) in [4.78, 5) is 19.8. The van der Waals surface area contributed by atoms with Gasteiger partial charge in [0.05, 0.1) is 6.42 Å². The molecule has 1 atom stereocenters. The van der Waals surface area contributed by atoms with Gasteiger partial charge in [-0.3, -0.25) is 4.79 Å². The molecule has 0 aromatic carbocycles. The smallest absolute Gasteiger partial charge is 0.433 e. The third-order valence-electron chi connectivity index (χ3n) is 3.23. The first-order valence-electron chi connectivity index (χ1n) is 6.26. The molecular formula is C12H14F3N3O2. The van der Waals surface area contributed by atoms with E-state index in [4.69, 9.17) is 5.11 Å². The first-order chi connectivity index (χ1) is 9.38. The van der Waals surface area contributed by atoms with Gasteiger partial charge in [0.15, 0.2) is 0 Å². The SMILES string of the molecule is O=C(O)CC1CCCCN1c1nccc(C(F)(F)F)n1. The zero-order valence-electron chi connectivity index (χ0n) is 10.6. The number of aliphatic carboxylic acids is 1. The zero-order valence-corrected chi connectivity index (χ0v) is 10.6. The normalized spacial score (nSPS) is 19.9. The van der Waals surface area contributed by atoms with Gasteiger partial charge in [0.2, 0.25) is 5.95 Å². The van der Waals surface area contributed by atoms with Crippen molar-refractivity contribution in [3.63, 3.8) is 0 Å². The fourth-order valence-corrected chi connectivity index (χ4v) is 2.32. The van der Waals surface area contributed by atoms with E-state index in [0.29, 0.717) is 13.0 Å². The van der Waals surface area contributed by atoms with Crippen LogP contribution in [0.4, 0.5) is 19.1 Å². The fourth-order valence-electron chi connectivity index (χ4n) is 2.32. The molecule has 1 N–H and O–H groups in total. The molecule has 1 aliphatic heterocycles. The van der Waals surface area contributed by atoms with E-state index in [9.17, 15) is 18.0 Å². The predicted octanol–water partition coefficient (Wildman–Crippen LogP) is 2.33. The Labute approximate surface area is 113 Å². The van der Waals surface area contributed by atoms with Crippen LogP contribution < -0.4 is 4.90 Å². The molecule has 0 bridgehead atoms. The molecular weight excluding hydrogens is 275 g/mol. The van der Waals surface area contributed by atoms with E-state index in [-0.39, 0.29) is 18.4 Å². The van der Waals surface area contributed by atoms with Crippen molar-refractivity contribution in [2.75, 3.05) is 11.4 Å². The Bertz CT molecular complexity index is 493. The van der Waals surface area contributed by atoms with Crippen molar-refractivity contribution in [2.24, 2.45) is 0 Å². The number of anilines is 1. The number of alkyl halides is 3.